The summed E-state index contributed by atoms with van der Waals surface area (Å²) in [6, 6.07) is 4.11. The van der Waals surface area contributed by atoms with E-state index in [0.717, 1.165) is 29.9 Å². The Bertz CT molecular complexity index is 573. The maximum absolute atomic E-state index is 6.27. The molecule has 2 heterocycles. The van der Waals surface area contributed by atoms with Crippen LogP contribution in [0.1, 0.15) is 45.0 Å². The summed E-state index contributed by atoms with van der Waals surface area (Å²) in [5, 5.41) is 8.65. The zero-order valence-electron chi connectivity index (χ0n) is 10.6. The summed E-state index contributed by atoms with van der Waals surface area (Å²) in [6.45, 7) is 6.43. The van der Waals surface area contributed by atoms with E-state index in [1.807, 2.05) is 12.3 Å². The number of fused-ring (bicyclic) bond motifs is 1. The second-order valence-electron chi connectivity index (χ2n) is 6.05. The summed E-state index contributed by atoms with van der Waals surface area (Å²) in [4.78, 5) is 0. The first-order valence-electron chi connectivity index (χ1n) is 6.05. The molecule has 1 aliphatic rings. The molecule has 2 aromatic rings. The van der Waals surface area contributed by atoms with Gasteiger partial charge < -0.3 is 5.73 Å². The molecule has 3 rings (SSSR count). The molecule has 0 bridgehead atoms. The molecule has 4 heteroatoms. The molecule has 0 atom stereocenters. The Hall–Kier alpha value is -1.42. The first kappa shape index (κ1) is 10.7. The highest BCUT2D eigenvalue weighted by molar-refractivity contribution is 5.53. The average Bonchev–Trinajstić information content (AvgIpc) is 2.84. The molecule has 0 saturated heterocycles. The molecular weight excluding hydrogens is 212 g/mol. The lowest BCUT2D eigenvalue weighted by Crippen LogP contribution is -2.20. The Morgan fingerprint density at radius 3 is 2.59 bits per heavy atom. The molecule has 90 valence electrons. The average molecular weight is 230 g/mol. The fourth-order valence-electron chi connectivity index (χ4n) is 2.22. The lowest BCUT2D eigenvalue weighted by Gasteiger charge is -2.16. The first-order valence-corrected chi connectivity index (χ1v) is 6.05. The summed E-state index contributed by atoms with van der Waals surface area (Å²) in [5.74, 6) is 0.985. The van der Waals surface area contributed by atoms with E-state index in [1.54, 1.807) is 0 Å². The summed E-state index contributed by atoms with van der Waals surface area (Å²) in [7, 11) is 0. The summed E-state index contributed by atoms with van der Waals surface area (Å²) < 4.78 is 2.07. The van der Waals surface area contributed by atoms with Crippen molar-refractivity contribution < 1.29 is 0 Å². The van der Waals surface area contributed by atoms with Crippen molar-refractivity contribution in [2.75, 3.05) is 0 Å². The van der Waals surface area contributed by atoms with E-state index in [-0.39, 0.29) is 11.0 Å². The molecule has 1 aliphatic carbocycles. The van der Waals surface area contributed by atoms with Gasteiger partial charge in [0.25, 0.3) is 0 Å². The highest BCUT2D eigenvalue weighted by Gasteiger charge is 2.42. The van der Waals surface area contributed by atoms with Crippen LogP contribution >= 0.6 is 0 Å². The van der Waals surface area contributed by atoms with Gasteiger partial charge in [-0.2, -0.15) is 0 Å². The van der Waals surface area contributed by atoms with Crippen LogP contribution in [0.15, 0.2) is 18.3 Å². The number of rotatable bonds is 1. The van der Waals surface area contributed by atoms with Crippen molar-refractivity contribution in [3.8, 4) is 0 Å². The van der Waals surface area contributed by atoms with Gasteiger partial charge in [0.05, 0.1) is 0 Å². The van der Waals surface area contributed by atoms with Crippen molar-refractivity contribution in [3.05, 3.63) is 29.7 Å². The highest BCUT2D eigenvalue weighted by Crippen LogP contribution is 2.44. The largest absolute Gasteiger partial charge is 0.321 e. The summed E-state index contributed by atoms with van der Waals surface area (Å²) >= 11 is 0. The van der Waals surface area contributed by atoms with E-state index in [2.05, 4.69) is 41.4 Å². The Balaban J connectivity index is 2.26. The minimum atomic E-state index is -0.162. The van der Waals surface area contributed by atoms with Gasteiger partial charge in [0.2, 0.25) is 0 Å². The standard InChI is InChI=1S/C13H18N4/c1-12(2,3)11-16-15-10-9(13(14)6-7-13)5-4-8-17(10)11/h4-5,8H,6-7,14H2,1-3H3. The zero-order chi connectivity index (χ0) is 12.3. The SMILES string of the molecule is CC(C)(C)c1nnc2c(C3(N)CC3)cccn12. The van der Waals surface area contributed by atoms with Gasteiger partial charge in [-0.15, -0.1) is 10.2 Å². The van der Waals surface area contributed by atoms with Crippen molar-refractivity contribution in [1.82, 2.24) is 14.6 Å². The van der Waals surface area contributed by atoms with Crippen LogP contribution in [0.2, 0.25) is 0 Å². The number of nitrogens with zero attached hydrogens (tertiary/aromatic N) is 3. The Labute approximate surface area is 101 Å². The van der Waals surface area contributed by atoms with Crippen molar-refractivity contribution in [2.45, 2.75) is 44.6 Å². The molecular formula is C13H18N4. The third-order valence-electron chi connectivity index (χ3n) is 3.43. The molecule has 0 aliphatic heterocycles. The van der Waals surface area contributed by atoms with Crippen LogP contribution in [-0.2, 0) is 11.0 Å². The zero-order valence-corrected chi connectivity index (χ0v) is 10.6. The van der Waals surface area contributed by atoms with E-state index in [0.29, 0.717) is 0 Å². The third-order valence-corrected chi connectivity index (χ3v) is 3.43. The molecule has 4 nitrogen and oxygen atoms in total. The van der Waals surface area contributed by atoms with Crippen molar-refractivity contribution in [1.29, 1.82) is 0 Å². The Kier molecular flexibility index (Phi) is 1.94. The number of hydrogen-bond donors (Lipinski definition) is 1. The highest BCUT2D eigenvalue weighted by atomic mass is 15.3. The van der Waals surface area contributed by atoms with Gasteiger partial charge in [0.15, 0.2) is 5.65 Å². The van der Waals surface area contributed by atoms with Crippen LogP contribution in [0.25, 0.3) is 5.65 Å². The van der Waals surface area contributed by atoms with Crippen LogP contribution < -0.4 is 5.73 Å². The number of pyridine rings is 1. The second kappa shape index (κ2) is 3.07. The van der Waals surface area contributed by atoms with Crippen LogP contribution in [0, 0.1) is 0 Å². The summed E-state index contributed by atoms with van der Waals surface area (Å²) in [5.41, 5.74) is 8.14. The predicted octanol–water partition coefficient (Wildman–Crippen LogP) is 1.97. The van der Waals surface area contributed by atoms with E-state index < -0.39 is 0 Å². The number of nitrogens with two attached hydrogens (primary N) is 1. The molecule has 2 aromatic heterocycles. The maximum Gasteiger partial charge on any atom is 0.165 e. The molecule has 0 spiro atoms. The van der Waals surface area contributed by atoms with E-state index in [1.165, 1.54) is 0 Å². The van der Waals surface area contributed by atoms with Crippen LogP contribution in [0.4, 0.5) is 0 Å². The van der Waals surface area contributed by atoms with Crippen LogP contribution in [0.3, 0.4) is 0 Å². The fraction of sp³-hybridized carbons (Fsp3) is 0.538. The van der Waals surface area contributed by atoms with Gasteiger partial charge in [-0.3, -0.25) is 4.40 Å². The van der Waals surface area contributed by atoms with Gasteiger partial charge in [-0.25, -0.2) is 0 Å². The molecule has 0 amide bonds. The topological polar surface area (TPSA) is 56.2 Å². The molecule has 0 unspecified atom stereocenters. The summed E-state index contributed by atoms with van der Waals surface area (Å²) in [6.07, 6.45) is 4.11. The minimum absolute atomic E-state index is 0.0106. The fourth-order valence-corrected chi connectivity index (χ4v) is 2.22. The maximum atomic E-state index is 6.27. The third kappa shape index (κ3) is 1.55. The monoisotopic (exact) mass is 230 g/mol. The lowest BCUT2D eigenvalue weighted by atomic mass is 9.96. The molecule has 0 aromatic carbocycles. The normalized spacial score (nSPS) is 18.6. The first-order chi connectivity index (χ1) is 7.92. The molecule has 1 saturated carbocycles. The smallest absolute Gasteiger partial charge is 0.165 e. The van der Waals surface area contributed by atoms with Gasteiger partial charge >= 0.3 is 0 Å². The minimum Gasteiger partial charge on any atom is -0.321 e. The molecule has 17 heavy (non-hydrogen) atoms. The van der Waals surface area contributed by atoms with Gasteiger partial charge in [-0.05, 0) is 18.9 Å². The molecule has 1 fully saturated rings. The van der Waals surface area contributed by atoms with Crippen molar-refractivity contribution >= 4 is 5.65 Å². The van der Waals surface area contributed by atoms with E-state index in [9.17, 15) is 0 Å². The molecule has 0 radical (unpaired) electrons. The van der Waals surface area contributed by atoms with Gasteiger partial charge in [-0.1, -0.05) is 26.8 Å². The second-order valence-corrected chi connectivity index (χ2v) is 6.05. The lowest BCUT2D eigenvalue weighted by molar-refractivity contribution is 0.538. The van der Waals surface area contributed by atoms with Gasteiger partial charge in [0.1, 0.15) is 5.82 Å². The van der Waals surface area contributed by atoms with E-state index >= 15 is 0 Å². The van der Waals surface area contributed by atoms with Crippen LogP contribution in [-0.4, -0.2) is 14.6 Å². The number of hydrogen-bond acceptors (Lipinski definition) is 3. The predicted molar refractivity (Wildman–Crippen MR) is 66.8 cm³/mol. The van der Waals surface area contributed by atoms with E-state index in [4.69, 9.17) is 5.73 Å². The Morgan fingerprint density at radius 2 is 2.00 bits per heavy atom. The Morgan fingerprint density at radius 1 is 1.29 bits per heavy atom. The number of aromatic nitrogens is 3. The van der Waals surface area contributed by atoms with Gasteiger partial charge in [0, 0.05) is 22.7 Å². The van der Waals surface area contributed by atoms with Crippen LogP contribution in [0.5, 0.6) is 0 Å². The molecule has 2 N–H and O–H groups in total. The van der Waals surface area contributed by atoms with Crippen molar-refractivity contribution in [2.24, 2.45) is 5.73 Å². The quantitative estimate of drug-likeness (QED) is 0.815. The van der Waals surface area contributed by atoms with Crippen molar-refractivity contribution in [3.63, 3.8) is 0 Å².